The minimum Gasteiger partial charge on any atom is -0.355 e. The van der Waals surface area contributed by atoms with Crippen molar-refractivity contribution in [3.63, 3.8) is 0 Å². The van der Waals surface area contributed by atoms with Crippen LogP contribution in [0.2, 0.25) is 0 Å². The summed E-state index contributed by atoms with van der Waals surface area (Å²) < 4.78 is 1.11. The number of thiophene rings is 1. The summed E-state index contributed by atoms with van der Waals surface area (Å²) >= 11 is 1.57. The molecule has 1 aliphatic heterocycles. The lowest BCUT2D eigenvalue weighted by Crippen LogP contribution is -2.50. The van der Waals surface area contributed by atoms with Gasteiger partial charge in [-0.3, -0.25) is 9.59 Å². The molecule has 1 saturated heterocycles. The maximum atomic E-state index is 12.2. The Morgan fingerprint density at radius 1 is 1.27 bits per heavy atom. The van der Waals surface area contributed by atoms with E-state index in [-0.39, 0.29) is 36.9 Å². The van der Waals surface area contributed by atoms with Gasteiger partial charge in [0.05, 0.1) is 0 Å². The second kappa shape index (κ2) is 7.72. The third-order valence-corrected chi connectivity index (χ3v) is 4.80. The van der Waals surface area contributed by atoms with Crippen molar-refractivity contribution in [3.8, 4) is 0 Å². The van der Waals surface area contributed by atoms with Gasteiger partial charge in [0.1, 0.15) is 0 Å². The standard InChI is InChI=1S/C16H18N2O2S.ClH/c19-14(5-6-16(20)18-9-11-7-8-17-11)13-10-21-15-4-2-1-3-12(13)15;/h1-4,10-11,17H,5-9H2,(H,18,20);1H. The van der Waals surface area contributed by atoms with E-state index in [0.717, 1.165) is 28.6 Å². The molecule has 0 saturated carbocycles. The molecular formula is C16H19ClN2O2S. The zero-order chi connectivity index (χ0) is 14.7. The highest BCUT2D eigenvalue weighted by Gasteiger charge is 2.17. The number of ketones is 1. The number of nitrogens with one attached hydrogen (secondary N) is 2. The first-order chi connectivity index (χ1) is 10.2. The van der Waals surface area contributed by atoms with Crippen LogP contribution in [-0.2, 0) is 4.79 Å². The smallest absolute Gasteiger partial charge is 0.220 e. The van der Waals surface area contributed by atoms with E-state index >= 15 is 0 Å². The summed E-state index contributed by atoms with van der Waals surface area (Å²) in [7, 11) is 0. The molecule has 2 aromatic rings. The Kier molecular flexibility index (Phi) is 5.94. The van der Waals surface area contributed by atoms with Crippen molar-refractivity contribution in [2.24, 2.45) is 0 Å². The van der Waals surface area contributed by atoms with Crippen molar-refractivity contribution < 1.29 is 9.59 Å². The number of fused-ring (bicyclic) bond motifs is 1. The van der Waals surface area contributed by atoms with Gasteiger partial charge in [-0.15, -0.1) is 23.7 Å². The maximum absolute atomic E-state index is 12.2. The number of hydrogen-bond donors (Lipinski definition) is 2. The van der Waals surface area contributed by atoms with E-state index in [1.54, 1.807) is 11.3 Å². The molecule has 1 fully saturated rings. The average Bonchev–Trinajstić information content (AvgIpc) is 2.87. The number of carbonyl (C=O) groups is 2. The number of carbonyl (C=O) groups excluding carboxylic acids is 2. The normalized spacial score (nSPS) is 16.6. The van der Waals surface area contributed by atoms with Crippen LogP contribution in [0.5, 0.6) is 0 Å². The topological polar surface area (TPSA) is 58.2 Å². The van der Waals surface area contributed by atoms with Crippen molar-refractivity contribution in [2.45, 2.75) is 25.3 Å². The molecule has 0 bridgehead atoms. The Bertz CT molecular complexity index is 667. The molecule has 0 spiro atoms. The molecule has 1 amide bonds. The number of hydrogen-bond acceptors (Lipinski definition) is 4. The molecule has 4 nitrogen and oxygen atoms in total. The Morgan fingerprint density at radius 3 is 2.77 bits per heavy atom. The molecule has 1 aromatic carbocycles. The lowest BCUT2D eigenvalue weighted by Gasteiger charge is -2.27. The fraction of sp³-hybridized carbons (Fsp3) is 0.375. The summed E-state index contributed by atoms with van der Waals surface area (Å²) in [6, 6.07) is 8.28. The van der Waals surface area contributed by atoms with Crippen molar-refractivity contribution in [1.82, 2.24) is 10.6 Å². The third-order valence-electron chi connectivity index (χ3n) is 3.83. The first kappa shape index (κ1) is 16.9. The monoisotopic (exact) mass is 338 g/mol. The van der Waals surface area contributed by atoms with Gasteiger partial charge in [0.25, 0.3) is 0 Å². The SMILES string of the molecule is Cl.O=C(CCC(=O)c1csc2ccccc12)NCC1CCN1. The summed E-state index contributed by atoms with van der Waals surface area (Å²) in [5.41, 5.74) is 0.740. The van der Waals surface area contributed by atoms with Gasteiger partial charge in [-0.05, 0) is 19.0 Å². The van der Waals surface area contributed by atoms with E-state index in [4.69, 9.17) is 0 Å². The van der Waals surface area contributed by atoms with Crippen LogP contribution < -0.4 is 10.6 Å². The van der Waals surface area contributed by atoms with E-state index < -0.39 is 0 Å². The van der Waals surface area contributed by atoms with Crippen LogP contribution >= 0.6 is 23.7 Å². The van der Waals surface area contributed by atoms with Crippen LogP contribution in [0.1, 0.15) is 29.6 Å². The van der Waals surface area contributed by atoms with Crippen molar-refractivity contribution in [3.05, 3.63) is 35.2 Å². The van der Waals surface area contributed by atoms with Gasteiger partial charge in [-0.2, -0.15) is 0 Å². The van der Waals surface area contributed by atoms with E-state index in [1.165, 1.54) is 0 Å². The number of halogens is 1. The van der Waals surface area contributed by atoms with E-state index in [2.05, 4.69) is 10.6 Å². The van der Waals surface area contributed by atoms with Gasteiger partial charge in [0, 0.05) is 46.5 Å². The Hall–Kier alpha value is -1.43. The first-order valence-electron chi connectivity index (χ1n) is 7.23. The first-order valence-corrected chi connectivity index (χ1v) is 8.11. The average molecular weight is 339 g/mol. The van der Waals surface area contributed by atoms with E-state index in [0.29, 0.717) is 12.6 Å². The minimum atomic E-state index is -0.0448. The summed E-state index contributed by atoms with van der Waals surface area (Å²) in [6.45, 7) is 1.69. The highest BCUT2D eigenvalue weighted by molar-refractivity contribution is 7.17. The molecule has 2 heterocycles. The largest absolute Gasteiger partial charge is 0.355 e. The van der Waals surface area contributed by atoms with Crippen molar-refractivity contribution in [2.75, 3.05) is 13.1 Å². The minimum absolute atomic E-state index is 0. The van der Waals surface area contributed by atoms with Gasteiger partial charge in [-0.25, -0.2) is 0 Å². The quantitative estimate of drug-likeness (QED) is 0.796. The van der Waals surface area contributed by atoms with Crippen LogP contribution in [0.15, 0.2) is 29.6 Å². The van der Waals surface area contributed by atoms with Gasteiger partial charge >= 0.3 is 0 Å². The molecular weight excluding hydrogens is 320 g/mol. The van der Waals surface area contributed by atoms with E-state index in [9.17, 15) is 9.59 Å². The molecule has 3 rings (SSSR count). The number of amides is 1. The zero-order valence-corrected chi connectivity index (χ0v) is 13.8. The number of rotatable bonds is 6. The Labute approximate surface area is 139 Å². The lowest BCUT2D eigenvalue weighted by molar-refractivity contribution is -0.121. The molecule has 0 aliphatic carbocycles. The molecule has 118 valence electrons. The summed E-state index contributed by atoms with van der Waals surface area (Å²) in [5.74, 6) is 0.000884. The Morgan fingerprint density at radius 2 is 2.05 bits per heavy atom. The lowest BCUT2D eigenvalue weighted by atomic mass is 10.1. The van der Waals surface area contributed by atoms with Crippen molar-refractivity contribution in [1.29, 1.82) is 0 Å². The number of Topliss-reactive ketones (excluding diaryl/α,β-unsaturated/α-hetero) is 1. The van der Waals surface area contributed by atoms with Crippen LogP contribution in [0.25, 0.3) is 10.1 Å². The molecule has 2 N–H and O–H groups in total. The highest BCUT2D eigenvalue weighted by Crippen LogP contribution is 2.26. The molecule has 0 radical (unpaired) electrons. The number of benzene rings is 1. The van der Waals surface area contributed by atoms with Gasteiger partial charge in [-0.1, -0.05) is 18.2 Å². The third kappa shape index (κ3) is 3.85. The molecule has 1 aliphatic rings. The predicted octanol–water partition coefficient (Wildman–Crippen LogP) is 2.76. The highest BCUT2D eigenvalue weighted by atomic mass is 35.5. The van der Waals surface area contributed by atoms with Crippen LogP contribution in [-0.4, -0.2) is 30.8 Å². The maximum Gasteiger partial charge on any atom is 0.220 e. The zero-order valence-electron chi connectivity index (χ0n) is 12.1. The summed E-state index contributed by atoms with van der Waals surface area (Å²) in [6.07, 6.45) is 1.64. The molecule has 1 unspecified atom stereocenters. The van der Waals surface area contributed by atoms with Crippen LogP contribution in [0.4, 0.5) is 0 Å². The van der Waals surface area contributed by atoms with Gasteiger partial charge in [0.2, 0.25) is 5.91 Å². The summed E-state index contributed by atoms with van der Waals surface area (Å²) in [4.78, 5) is 24.0. The van der Waals surface area contributed by atoms with Crippen molar-refractivity contribution >= 4 is 45.5 Å². The summed E-state index contributed by atoms with van der Waals surface area (Å²) in [5, 5.41) is 8.98. The fourth-order valence-electron chi connectivity index (χ4n) is 2.40. The van der Waals surface area contributed by atoms with Gasteiger partial charge in [0.15, 0.2) is 5.78 Å². The van der Waals surface area contributed by atoms with Crippen LogP contribution in [0, 0.1) is 0 Å². The molecule has 22 heavy (non-hydrogen) atoms. The van der Waals surface area contributed by atoms with Gasteiger partial charge < -0.3 is 10.6 Å². The van der Waals surface area contributed by atoms with Crippen LogP contribution in [0.3, 0.4) is 0 Å². The molecule has 1 atom stereocenters. The Balaban J connectivity index is 0.00000176. The molecule has 6 heteroatoms. The molecule has 1 aromatic heterocycles. The second-order valence-corrected chi connectivity index (χ2v) is 6.22. The predicted molar refractivity (Wildman–Crippen MR) is 92.1 cm³/mol. The fourth-order valence-corrected chi connectivity index (χ4v) is 3.37. The second-order valence-electron chi connectivity index (χ2n) is 5.31. The van der Waals surface area contributed by atoms with E-state index in [1.807, 2.05) is 29.6 Å².